The van der Waals surface area contributed by atoms with Gasteiger partial charge in [-0.05, 0) is 42.3 Å². The summed E-state index contributed by atoms with van der Waals surface area (Å²) in [7, 11) is 1.77. The van der Waals surface area contributed by atoms with Gasteiger partial charge in [0.05, 0.1) is 5.56 Å². The molecule has 0 fully saturated rings. The molecule has 1 aromatic carbocycles. The quantitative estimate of drug-likeness (QED) is 0.789. The fourth-order valence-electron chi connectivity index (χ4n) is 3.01. The normalized spacial score (nSPS) is 13.4. The Balaban J connectivity index is 1.51. The van der Waals surface area contributed by atoms with Crippen LogP contribution in [0.25, 0.3) is 5.82 Å². The molecule has 3 aromatic rings. The number of hydrogen-bond donors (Lipinski definition) is 1. The van der Waals surface area contributed by atoms with Gasteiger partial charge in [0.25, 0.3) is 5.91 Å². The van der Waals surface area contributed by atoms with Crippen molar-refractivity contribution in [3.05, 3.63) is 66.4 Å². The third-order valence-corrected chi connectivity index (χ3v) is 4.46. The lowest BCUT2D eigenvalue weighted by Gasteiger charge is -2.26. The van der Waals surface area contributed by atoms with Crippen molar-refractivity contribution in [1.29, 1.82) is 0 Å². The predicted octanol–water partition coefficient (Wildman–Crippen LogP) is 2.43. The Bertz CT molecular complexity index is 964. The molecule has 0 saturated carbocycles. The van der Waals surface area contributed by atoms with E-state index < -0.39 is 0 Å². The van der Waals surface area contributed by atoms with Crippen molar-refractivity contribution in [2.45, 2.75) is 12.8 Å². The summed E-state index contributed by atoms with van der Waals surface area (Å²) >= 11 is 0. The first-order chi connectivity index (χ1) is 12.6. The number of anilines is 2. The van der Waals surface area contributed by atoms with Gasteiger partial charge in [-0.2, -0.15) is 0 Å². The van der Waals surface area contributed by atoms with E-state index in [2.05, 4.69) is 15.3 Å². The topological polar surface area (TPSA) is 80.1 Å². The van der Waals surface area contributed by atoms with Gasteiger partial charge >= 0.3 is 0 Å². The number of nitrogens with one attached hydrogen (secondary N) is 1. The standard InChI is InChI=1S/C19H17N5O2/c1-23-16-5-4-15(10-13(16)3-7-18(23)25)22-19(26)14-2-6-17(21-11-14)24-9-8-20-12-24/h2,4-6,8-12H,3,7H2,1H3,(H,22,26). The van der Waals surface area contributed by atoms with Crippen LogP contribution >= 0.6 is 0 Å². The van der Waals surface area contributed by atoms with Crippen molar-refractivity contribution in [2.75, 3.05) is 17.3 Å². The SMILES string of the molecule is CN1C(=O)CCc2cc(NC(=O)c3ccc(-n4ccnc4)nc3)ccc21. The zero-order valence-electron chi connectivity index (χ0n) is 14.2. The molecule has 0 saturated heterocycles. The molecule has 7 nitrogen and oxygen atoms in total. The smallest absolute Gasteiger partial charge is 0.257 e. The predicted molar refractivity (Wildman–Crippen MR) is 97.5 cm³/mol. The monoisotopic (exact) mass is 347 g/mol. The third-order valence-electron chi connectivity index (χ3n) is 4.46. The van der Waals surface area contributed by atoms with E-state index in [0.717, 1.165) is 11.3 Å². The Hall–Kier alpha value is -3.48. The summed E-state index contributed by atoms with van der Waals surface area (Å²) in [5.41, 5.74) is 3.12. The van der Waals surface area contributed by atoms with Crippen LogP contribution in [-0.2, 0) is 11.2 Å². The number of rotatable bonds is 3. The van der Waals surface area contributed by atoms with Crippen LogP contribution < -0.4 is 10.2 Å². The lowest BCUT2D eigenvalue weighted by molar-refractivity contribution is -0.118. The molecule has 1 N–H and O–H groups in total. The molecular formula is C19H17N5O2. The van der Waals surface area contributed by atoms with Crippen LogP contribution in [0.3, 0.4) is 0 Å². The maximum absolute atomic E-state index is 12.5. The van der Waals surface area contributed by atoms with Crippen LogP contribution in [0.1, 0.15) is 22.3 Å². The third kappa shape index (κ3) is 2.95. The summed E-state index contributed by atoms with van der Waals surface area (Å²) in [6, 6.07) is 9.08. The van der Waals surface area contributed by atoms with Gasteiger partial charge in [0.2, 0.25) is 5.91 Å². The Morgan fingerprint density at radius 3 is 2.81 bits per heavy atom. The van der Waals surface area contributed by atoms with E-state index in [1.54, 1.807) is 53.4 Å². The lowest BCUT2D eigenvalue weighted by Crippen LogP contribution is -2.31. The zero-order valence-corrected chi connectivity index (χ0v) is 14.2. The Morgan fingerprint density at radius 2 is 2.08 bits per heavy atom. The van der Waals surface area contributed by atoms with Crippen molar-refractivity contribution in [2.24, 2.45) is 0 Å². The number of pyridine rings is 1. The van der Waals surface area contributed by atoms with Crippen molar-refractivity contribution >= 4 is 23.2 Å². The number of amides is 2. The van der Waals surface area contributed by atoms with Gasteiger partial charge in [-0.15, -0.1) is 0 Å². The molecule has 0 atom stereocenters. The molecule has 0 bridgehead atoms. The second-order valence-electron chi connectivity index (χ2n) is 6.13. The van der Waals surface area contributed by atoms with Gasteiger partial charge in [0.1, 0.15) is 12.1 Å². The Kier molecular flexibility index (Phi) is 3.96. The van der Waals surface area contributed by atoms with Crippen LogP contribution in [-0.4, -0.2) is 33.4 Å². The molecule has 0 radical (unpaired) electrons. The van der Waals surface area contributed by atoms with E-state index in [4.69, 9.17) is 0 Å². The van der Waals surface area contributed by atoms with E-state index in [0.29, 0.717) is 29.9 Å². The summed E-state index contributed by atoms with van der Waals surface area (Å²) in [5.74, 6) is 0.578. The Morgan fingerprint density at radius 1 is 1.19 bits per heavy atom. The second-order valence-corrected chi connectivity index (χ2v) is 6.13. The molecule has 26 heavy (non-hydrogen) atoms. The highest BCUT2D eigenvalue weighted by molar-refractivity contribution is 6.04. The van der Waals surface area contributed by atoms with Gasteiger partial charge < -0.3 is 10.2 Å². The molecular weight excluding hydrogens is 330 g/mol. The minimum atomic E-state index is -0.227. The van der Waals surface area contributed by atoms with Crippen molar-refractivity contribution in [3.63, 3.8) is 0 Å². The minimum Gasteiger partial charge on any atom is -0.322 e. The summed E-state index contributed by atoms with van der Waals surface area (Å²) in [6.07, 6.45) is 7.82. The van der Waals surface area contributed by atoms with Crippen LogP contribution in [0.5, 0.6) is 0 Å². The van der Waals surface area contributed by atoms with Gasteiger partial charge in [-0.3, -0.25) is 14.2 Å². The number of aromatic nitrogens is 3. The highest BCUT2D eigenvalue weighted by Gasteiger charge is 2.21. The summed E-state index contributed by atoms with van der Waals surface area (Å²) in [5, 5.41) is 2.89. The average Bonchev–Trinajstić information content (AvgIpc) is 3.20. The van der Waals surface area contributed by atoms with Gasteiger partial charge in [-0.25, -0.2) is 9.97 Å². The van der Waals surface area contributed by atoms with E-state index in [1.165, 1.54) is 6.20 Å². The van der Waals surface area contributed by atoms with Crippen molar-refractivity contribution in [3.8, 4) is 5.82 Å². The first kappa shape index (κ1) is 16.0. The summed E-state index contributed by atoms with van der Waals surface area (Å²) < 4.78 is 1.77. The second kappa shape index (κ2) is 6.44. The molecule has 130 valence electrons. The molecule has 0 spiro atoms. The number of aryl methyl sites for hydroxylation is 1. The molecule has 4 rings (SSSR count). The molecule has 0 aliphatic carbocycles. The largest absolute Gasteiger partial charge is 0.322 e. The zero-order chi connectivity index (χ0) is 18.1. The number of fused-ring (bicyclic) bond motifs is 1. The summed E-state index contributed by atoms with van der Waals surface area (Å²) in [4.78, 5) is 34.1. The van der Waals surface area contributed by atoms with Crippen LogP contribution in [0.15, 0.2) is 55.2 Å². The average molecular weight is 347 g/mol. The molecule has 7 heteroatoms. The number of imidazole rings is 1. The highest BCUT2D eigenvalue weighted by atomic mass is 16.2. The molecule has 3 heterocycles. The first-order valence-electron chi connectivity index (χ1n) is 8.27. The van der Waals surface area contributed by atoms with Crippen LogP contribution in [0, 0.1) is 0 Å². The maximum atomic E-state index is 12.5. The molecule has 0 unspecified atom stereocenters. The number of carbonyl (C=O) groups excluding carboxylic acids is 2. The number of benzene rings is 1. The number of carbonyl (C=O) groups is 2. The lowest BCUT2D eigenvalue weighted by atomic mass is 10.0. The molecule has 2 aromatic heterocycles. The van der Waals surface area contributed by atoms with E-state index in [1.807, 2.05) is 12.1 Å². The summed E-state index contributed by atoms with van der Waals surface area (Å²) in [6.45, 7) is 0. The first-order valence-corrected chi connectivity index (χ1v) is 8.27. The van der Waals surface area contributed by atoms with Crippen molar-refractivity contribution in [1.82, 2.24) is 14.5 Å². The highest BCUT2D eigenvalue weighted by Crippen LogP contribution is 2.29. The van der Waals surface area contributed by atoms with E-state index in [9.17, 15) is 9.59 Å². The maximum Gasteiger partial charge on any atom is 0.257 e. The van der Waals surface area contributed by atoms with E-state index >= 15 is 0 Å². The number of hydrogen-bond acceptors (Lipinski definition) is 4. The Labute approximate surface area is 150 Å². The number of nitrogens with zero attached hydrogens (tertiary/aromatic N) is 4. The van der Waals surface area contributed by atoms with Gasteiger partial charge in [0, 0.05) is 43.4 Å². The van der Waals surface area contributed by atoms with Crippen LogP contribution in [0.2, 0.25) is 0 Å². The van der Waals surface area contributed by atoms with Crippen LogP contribution in [0.4, 0.5) is 11.4 Å². The molecule has 1 aliphatic rings. The van der Waals surface area contributed by atoms with Gasteiger partial charge in [-0.1, -0.05) is 0 Å². The van der Waals surface area contributed by atoms with Crippen molar-refractivity contribution < 1.29 is 9.59 Å². The van der Waals surface area contributed by atoms with Gasteiger partial charge in [0.15, 0.2) is 0 Å². The molecule has 2 amide bonds. The molecule has 1 aliphatic heterocycles. The fourth-order valence-corrected chi connectivity index (χ4v) is 3.01. The fraction of sp³-hybridized carbons (Fsp3) is 0.158. The minimum absolute atomic E-state index is 0.110. The van der Waals surface area contributed by atoms with E-state index in [-0.39, 0.29) is 11.8 Å².